The molecule has 0 radical (unpaired) electrons. The van der Waals surface area contributed by atoms with Gasteiger partial charge in [0.25, 0.3) is 0 Å². The molecule has 2 aromatic rings. The number of fused-ring (bicyclic) bond motifs is 1. The summed E-state index contributed by atoms with van der Waals surface area (Å²) in [5, 5.41) is 3.35. The zero-order chi connectivity index (χ0) is 22.0. The maximum atomic E-state index is 13.2. The average molecular weight is 463 g/mol. The van der Waals surface area contributed by atoms with Crippen LogP contribution < -0.4 is 5.32 Å². The first-order valence-corrected chi connectivity index (χ1v) is 12.9. The van der Waals surface area contributed by atoms with Gasteiger partial charge in [-0.2, -0.15) is 4.31 Å². The summed E-state index contributed by atoms with van der Waals surface area (Å²) >= 11 is 1.41. The predicted molar refractivity (Wildman–Crippen MR) is 119 cm³/mol. The molecule has 7 nitrogen and oxygen atoms in total. The van der Waals surface area contributed by atoms with Gasteiger partial charge >= 0.3 is 5.97 Å². The minimum absolute atomic E-state index is 0.175. The molecule has 0 spiro atoms. The molecule has 1 fully saturated rings. The quantitative estimate of drug-likeness (QED) is 0.662. The Morgan fingerprint density at radius 3 is 2.65 bits per heavy atom. The fraction of sp³-hybridized carbons (Fsp3) is 0.455. The molecule has 1 aromatic heterocycles. The fourth-order valence-electron chi connectivity index (χ4n) is 4.29. The first kappa shape index (κ1) is 22.0. The van der Waals surface area contributed by atoms with E-state index in [0.29, 0.717) is 30.0 Å². The molecular weight excluding hydrogens is 436 g/mol. The summed E-state index contributed by atoms with van der Waals surface area (Å²) in [6.45, 7) is 2.30. The van der Waals surface area contributed by atoms with Crippen LogP contribution in [0.3, 0.4) is 0 Å². The van der Waals surface area contributed by atoms with Crippen LogP contribution >= 0.6 is 11.3 Å². The monoisotopic (exact) mass is 462 g/mol. The molecule has 0 unspecified atom stereocenters. The number of nitrogens with one attached hydrogen (secondary N) is 1. The second-order valence-electron chi connectivity index (χ2n) is 7.71. The van der Waals surface area contributed by atoms with Crippen molar-refractivity contribution < 1.29 is 22.7 Å². The van der Waals surface area contributed by atoms with Gasteiger partial charge in [-0.15, -0.1) is 11.3 Å². The molecule has 0 bridgehead atoms. The highest BCUT2D eigenvalue weighted by molar-refractivity contribution is 7.89. The first-order valence-electron chi connectivity index (χ1n) is 10.6. The Hall–Kier alpha value is -2.23. The normalized spacial score (nSPS) is 19.1. The van der Waals surface area contributed by atoms with Crippen LogP contribution in [0.1, 0.15) is 53.4 Å². The number of hydrogen-bond donors (Lipinski definition) is 1. The van der Waals surface area contributed by atoms with Gasteiger partial charge < -0.3 is 10.1 Å². The molecule has 1 saturated heterocycles. The third-order valence-corrected chi connectivity index (χ3v) is 8.87. The zero-order valence-corrected chi connectivity index (χ0v) is 19.1. The molecule has 1 N–H and O–H groups in total. The number of rotatable bonds is 6. The van der Waals surface area contributed by atoms with Crippen LogP contribution in [0.2, 0.25) is 0 Å². The molecule has 166 valence electrons. The number of ether oxygens (including phenoxy) is 1. The van der Waals surface area contributed by atoms with Crippen molar-refractivity contribution in [2.24, 2.45) is 0 Å². The minimum Gasteiger partial charge on any atom is -0.462 e. The summed E-state index contributed by atoms with van der Waals surface area (Å²) in [5.74, 6) is -0.835. The van der Waals surface area contributed by atoms with Gasteiger partial charge in [0.15, 0.2) is 0 Å². The van der Waals surface area contributed by atoms with Gasteiger partial charge in [0.05, 0.1) is 17.1 Å². The van der Waals surface area contributed by atoms with Crippen molar-refractivity contribution in [1.29, 1.82) is 0 Å². The van der Waals surface area contributed by atoms with Gasteiger partial charge in [-0.05, 0) is 63.1 Å². The molecule has 1 aromatic carbocycles. The Labute approximate surface area is 186 Å². The second-order valence-corrected chi connectivity index (χ2v) is 10.7. The summed E-state index contributed by atoms with van der Waals surface area (Å²) in [6, 6.07) is 7.35. The second kappa shape index (κ2) is 9.10. The van der Waals surface area contributed by atoms with E-state index in [-0.39, 0.29) is 11.5 Å². The van der Waals surface area contributed by atoms with Crippen molar-refractivity contribution in [2.45, 2.75) is 56.4 Å². The Balaban J connectivity index is 1.61. The zero-order valence-electron chi connectivity index (χ0n) is 17.4. The minimum atomic E-state index is -3.78. The highest BCUT2D eigenvalue weighted by Gasteiger charge is 2.40. The van der Waals surface area contributed by atoms with Crippen LogP contribution in [0, 0.1) is 0 Å². The number of hydrogen-bond acceptors (Lipinski definition) is 6. The molecule has 2 aliphatic rings. The highest BCUT2D eigenvalue weighted by Crippen LogP contribution is 2.39. The highest BCUT2D eigenvalue weighted by atomic mass is 32.2. The van der Waals surface area contributed by atoms with Crippen LogP contribution in [-0.2, 0) is 32.4 Å². The van der Waals surface area contributed by atoms with Crippen LogP contribution in [0.5, 0.6) is 0 Å². The number of esters is 1. The molecule has 4 rings (SSSR count). The number of anilines is 1. The Morgan fingerprint density at radius 2 is 1.90 bits per heavy atom. The number of sulfonamides is 1. The van der Waals surface area contributed by atoms with E-state index in [1.54, 1.807) is 25.1 Å². The Morgan fingerprint density at radius 1 is 1.16 bits per heavy atom. The fourth-order valence-corrected chi connectivity index (χ4v) is 7.24. The molecule has 31 heavy (non-hydrogen) atoms. The van der Waals surface area contributed by atoms with E-state index in [0.717, 1.165) is 36.1 Å². The smallest absolute Gasteiger partial charge is 0.341 e. The summed E-state index contributed by atoms with van der Waals surface area (Å²) in [5.41, 5.74) is 1.40. The van der Waals surface area contributed by atoms with Crippen molar-refractivity contribution in [1.82, 2.24) is 4.31 Å². The molecule has 0 saturated carbocycles. The Kier molecular flexibility index (Phi) is 6.45. The molecule has 9 heteroatoms. The SMILES string of the molecule is CCOC(=O)c1c(NC(=O)[C@@H]2CCCN2S(=O)(=O)c2ccccc2)sc2c1CCCC2. The summed E-state index contributed by atoms with van der Waals surface area (Å²) in [6.07, 6.45) is 4.76. The predicted octanol–water partition coefficient (Wildman–Crippen LogP) is 3.60. The standard InChI is InChI=1S/C22H26N2O5S2/c1-2-29-22(26)19-16-11-6-7-13-18(16)30-21(19)23-20(25)17-12-8-14-24(17)31(27,28)15-9-4-3-5-10-15/h3-5,9-10,17H,2,6-8,11-14H2,1H3,(H,23,25)/t17-/m0/s1. The molecule has 2 heterocycles. The number of nitrogens with zero attached hydrogens (tertiary/aromatic N) is 1. The van der Waals surface area contributed by atoms with Gasteiger partial charge in [-0.25, -0.2) is 13.2 Å². The maximum Gasteiger partial charge on any atom is 0.341 e. The molecule has 1 atom stereocenters. The van der Waals surface area contributed by atoms with Crippen LogP contribution in [0.4, 0.5) is 5.00 Å². The number of benzene rings is 1. The van der Waals surface area contributed by atoms with E-state index in [4.69, 9.17) is 4.74 Å². The van der Waals surface area contributed by atoms with Gasteiger partial charge in [0.1, 0.15) is 11.0 Å². The molecular formula is C22H26N2O5S2. The van der Waals surface area contributed by atoms with E-state index in [1.807, 2.05) is 0 Å². The van der Waals surface area contributed by atoms with E-state index >= 15 is 0 Å². The number of carbonyl (C=O) groups excluding carboxylic acids is 2. The average Bonchev–Trinajstić information content (AvgIpc) is 3.40. The summed E-state index contributed by atoms with van der Waals surface area (Å²) in [7, 11) is -3.78. The largest absolute Gasteiger partial charge is 0.462 e. The first-order chi connectivity index (χ1) is 14.9. The third-order valence-electron chi connectivity index (χ3n) is 5.74. The van der Waals surface area contributed by atoms with Crippen LogP contribution in [0.25, 0.3) is 0 Å². The van der Waals surface area contributed by atoms with Crippen molar-refractivity contribution in [3.8, 4) is 0 Å². The third kappa shape index (κ3) is 4.26. The number of carbonyl (C=O) groups is 2. The van der Waals surface area contributed by atoms with Crippen molar-refractivity contribution in [3.63, 3.8) is 0 Å². The number of thiophene rings is 1. The van der Waals surface area contributed by atoms with E-state index < -0.39 is 27.9 Å². The number of amides is 1. The van der Waals surface area contributed by atoms with Crippen molar-refractivity contribution in [2.75, 3.05) is 18.5 Å². The topological polar surface area (TPSA) is 92.8 Å². The Bertz CT molecular complexity index is 1080. The number of aryl methyl sites for hydroxylation is 1. The van der Waals surface area contributed by atoms with E-state index in [2.05, 4.69) is 5.32 Å². The van der Waals surface area contributed by atoms with Crippen molar-refractivity contribution in [3.05, 3.63) is 46.3 Å². The van der Waals surface area contributed by atoms with Crippen LogP contribution in [0.15, 0.2) is 35.2 Å². The molecule has 1 aliphatic carbocycles. The molecule has 1 amide bonds. The lowest BCUT2D eigenvalue weighted by molar-refractivity contribution is -0.119. The summed E-state index contributed by atoms with van der Waals surface area (Å²) in [4.78, 5) is 27.1. The van der Waals surface area contributed by atoms with Gasteiger partial charge in [-0.3, -0.25) is 4.79 Å². The summed E-state index contributed by atoms with van der Waals surface area (Å²) < 4.78 is 32.7. The van der Waals surface area contributed by atoms with Gasteiger partial charge in [0, 0.05) is 11.4 Å². The molecule has 1 aliphatic heterocycles. The lowest BCUT2D eigenvalue weighted by atomic mass is 9.95. The van der Waals surface area contributed by atoms with Gasteiger partial charge in [0.2, 0.25) is 15.9 Å². The lowest BCUT2D eigenvalue weighted by Gasteiger charge is -2.23. The van der Waals surface area contributed by atoms with E-state index in [1.165, 1.54) is 27.8 Å². The lowest BCUT2D eigenvalue weighted by Crippen LogP contribution is -2.43. The van der Waals surface area contributed by atoms with Gasteiger partial charge in [-0.1, -0.05) is 18.2 Å². The van der Waals surface area contributed by atoms with Crippen LogP contribution in [-0.4, -0.2) is 43.8 Å². The van der Waals surface area contributed by atoms with E-state index in [9.17, 15) is 18.0 Å². The maximum absolute atomic E-state index is 13.2. The van der Waals surface area contributed by atoms with Crippen molar-refractivity contribution >= 4 is 38.2 Å².